The highest BCUT2D eigenvalue weighted by Crippen LogP contribution is 2.20. The second-order valence-corrected chi connectivity index (χ2v) is 2.90. The van der Waals surface area contributed by atoms with Crippen LogP contribution in [0.5, 0.6) is 0 Å². The molecular formula is C7H14N2O2. The van der Waals surface area contributed by atoms with Gasteiger partial charge < -0.3 is 10.4 Å². The topological polar surface area (TPSA) is 64.9 Å². The highest BCUT2D eigenvalue weighted by molar-refractivity contribution is 5.87. The van der Waals surface area contributed by atoms with Gasteiger partial charge in [0.1, 0.15) is 0 Å². The van der Waals surface area contributed by atoms with E-state index in [1.165, 1.54) is 0 Å². The molecule has 0 saturated heterocycles. The first-order valence-corrected chi connectivity index (χ1v) is 3.96. The molecule has 1 unspecified atom stereocenters. The summed E-state index contributed by atoms with van der Waals surface area (Å²) in [6, 6.07) is 0. The van der Waals surface area contributed by atoms with Crippen LogP contribution in [0.4, 0.5) is 0 Å². The normalized spacial score (nSPS) is 29.2. The minimum Gasteiger partial charge on any atom is -0.411 e. The predicted molar refractivity (Wildman–Crippen MR) is 41.0 cm³/mol. The van der Waals surface area contributed by atoms with Gasteiger partial charge in [-0.1, -0.05) is 11.6 Å². The standard InChI is InChI=1S/C7H14N2O2/c10-8-5-6-3-1-2-4-7(6)9-11/h6,8,10-11H,1-5H2/b9-7+. The fourth-order valence-electron chi connectivity index (χ4n) is 1.53. The highest BCUT2D eigenvalue weighted by atomic mass is 16.5. The van der Waals surface area contributed by atoms with Gasteiger partial charge in [-0.15, -0.1) is 0 Å². The molecule has 0 heterocycles. The number of hydrogen-bond donors (Lipinski definition) is 3. The number of hydrogen-bond acceptors (Lipinski definition) is 4. The molecule has 4 nitrogen and oxygen atoms in total. The van der Waals surface area contributed by atoms with E-state index in [1.54, 1.807) is 0 Å². The molecule has 0 amide bonds. The van der Waals surface area contributed by atoms with Gasteiger partial charge in [0.25, 0.3) is 0 Å². The Balaban J connectivity index is 2.45. The van der Waals surface area contributed by atoms with Crippen molar-refractivity contribution in [1.29, 1.82) is 0 Å². The average Bonchev–Trinajstić information content (AvgIpc) is 2.06. The monoisotopic (exact) mass is 158 g/mol. The van der Waals surface area contributed by atoms with Crippen molar-refractivity contribution in [1.82, 2.24) is 5.48 Å². The molecule has 0 bridgehead atoms. The zero-order valence-electron chi connectivity index (χ0n) is 6.45. The molecule has 0 aromatic heterocycles. The average molecular weight is 158 g/mol. The van der Waals surface area contributed by atoms with Crippen molar-refractivity contribution in [2.45, 2.75) is 25.7 Å². The van der Waals surface area contributed by atoms with Crippen LogP contribution < -0.4 is 5.48 Å². The predicted octanol–water partition coefficient (Wildman–Crippen LogP) is 0.986. The first kappa shape index (κ1) is 8.49. The van der Waals surface area contributed by atoms with Gasteiger partial charge in [-0.25, -0.2) is 5.48 Å². The van der Waals surface area contributed by atoms with Gasteiger partial charge in [-0.2, -0.15) is 0 Å². The lowest BCUT2D eigenvalue weighted by Crippen LogP contribution is -2.29. The van der Waals surface area contributed by atoms with Crippen LogP contribution in [0, 0.1) is 5.92 Å². The first-order chi connectivity index (χ1) is 5.38. The van der Waals surface area contributed by atoms with Crippen LogP contribution in [0.3, 0.4) is 0 Å². The summed E-state index contributed by atoms with van der Waals surface area (Å²) in [6.45, 7) is 0.499. The van der Waals surface area contributed by atoms with Gasteiger partial charge in [0.15, 0.2) is 0 Å². The maximum absolute atomic E-state index is 8.57. The van der Waals surface area contributed by atoms with Crippen LogP contribution >= 0.6 is 0 Å². The summed E-state index contributed by atoms with van der Waals surface area (Å²) in [5, 5.41) is 20.2. The van der Waals surface area contributed by atoms with Crippen molar-refractivity contribution >= 4 is 5.71 Å². The second kappa shape index (κ2) is 4.31. The van der Waals surface area contributed by atoms with E-state index in [0.717, 1.165) is 31.4 Å². The minimum atomic E-state index is 0.221. The second-order valence-electron chi connectivity index (χ2n) is 2.90. The molecular weight excluding hydrogens is 144 g/mol. The van der Waals surface area contributed by atoms with E-state index in [0.29, 0.717) is 6.54 Å². The van der Waals surface area contributed by atoms with Crippen LogP contribution in [-0.4, -0.2) is 22.7 Å². The largest absolute Gasteiger partial charge is 0.411 e. The smallest absolute Gasteiger partial charge is 0.0615 e. The Labute approximate surface area is 65.9 Å². The lowest BCUT2D eigenvalue weighted by Gasteiger charge is -2.21. The van der Waals surface area contributed by atoms with E-state index in [9.17, 15) is 0 Å². The zero-order valence-corrected chi connectivity index (χ0v) is 6.45. The van der Waals surface area contributed by atoms with Crippen molar-refractivity contribution in [2.75, 3.05) is 6.54 Å². The van der Waals surface area contributed by atoms with E-state index in [-0.39, 0.29) is 5.92 Å². The molecule has 11 heavy (non-hydrogen) atoms. The molecule has 0 aliphatic heterocycles. The lowest BCUT2D eigenvalue weighted by molar-refractivity contribution is 0.154. The fourth-order valence-corrected chi connectivity index (χ4v) is 1.53. The van der Waals surface area contributed by atoms with Crippen LogP contribution in [0.15, 0.2) is 5.16 Å². The van der Waals surface area contributed by atoms with Gasteiger partial charge in [0.05, 0.1) is 5.71 Å². The Morgan fingerprint density at radius 1 is 1.55 bits per heavy atom. The van der Waals surface area contributed by atoms with Crippen LogP contribution in [0.1, 0.15) is 25.7 Å². The van der Waals surface area contributed by atoms with Crippen molar-refractivity contribution in [3.8, 4) is 0 Å². The molecule has 1 aliphatic carbocycles. The minimum absolute atomic E-state index is 0.221. The number of rotatable bonds is 2. The summed E-state index contributed by atoms with van der Waals surface area (Å²) >= 11 is 0. The quantitative estimate of drug-likeness (QED) is 0.414. The molecule has 0 spiro atoms. The van der Waals surface area contributed by atoms with Gasteiger partial charge >= 0.3 is 0 Å². The van der Waals surface area contributed by atoms with E-state index < -0.39 is 0 Å². The van der Waals surface area contributed by atoms with Gasteiger partial charge in [-0.3, -0.25) is 0 Å². The molecule has 1 fully saturated rings. The number of hydroxylamine groups is 1. The summed E-state index contributed by atoms with van der Waals surface area (Å²) in [5.74, 6) is 0.221. The molecule has 64 valence electrons. The third kappa shape index (κ3) is 2.17. The van der Waals surface area contributed by atoms with E-state index >= 15 is 0 Å². The molecule has 0 radical (unpaired) electrons. The van der Waals surface area contributed by atoms with Crippen LogP contribution in [-0.2, 0) is 0 Å². The van der Waals surface area contributed by atoms with Gasteiger partial charge in [-0.05, 0) is 19.3 Å². The number of nitrogens with one attached hydrogen (secondary N) is 1. The molecule has 1 saturated carbocycles. The van der Waals surface area contributed by atoms with Crippen molar-refractivity contribution in [3.63, 3.8) is 0 Å². The summed E-state index contributed by atoms with van der Waals surface area (Å²) in [7, 11) is 0. The molecule has 1 aliphatic rings. The molecule has 1 atom stereocenters. The fraction of sp³-hybridized carbons (Fsp3) is 0.857. The van der Waals surface area contributed by atoms with E-state index in [2.05, 4.69) is 10.6 Å². The first-order valence-electron chi connectivity index (χ1n) is 3.96. The van der Waals surface area contributed by atoms with E-state index in [1.807, 2.05) is 0 Å². The van der Waals surface area contributed by atoms with Crippen molar-refractivity contribution in [3.05, 3.63) is 0 Å². The van der Waals surface area contributed by atoms with Gasteiger partial charge in [0, 0.05) is 12.5 Å². The molecule has 1 rings (SSSR count). The third-order valence-corrected chi connectivity index (χ3v) is 2.17. The Morgan fingerprint density at radius 3 is 3.00 bits per heavy atom. The summed E-state index contributed by atoms with van der Waals surface area (Å²) in [5.41, 5.74) is 2.93. The van der Waals surface area contributed by atoms with Gasteiger partial charge in [0.2, 0.25) is 0 Å². The summed E-state index contributed by atoms with van der Waals surface area (Å²) < 4.78 is 0. The molecule has 0 aromatic rings. The number of nitrogens with zero attached hydrogens (tertiary/aromatic N) is 1. The van der Waals surface area contributed by atoms with E-state index in [4.69, 9.17) is 10.4 Å². The highest BCUT2D eigenvalue weighted by Gasteiger charge is 2.19. The third-order valence-electron chi connectivity index (χ3n) is 2.17. The Kier molecular flexibility index (Phi) is 3.32. The maximum atomic E-state index is 8.57. The Hall–Kier alpha value is -0.610. The zero-order chi connectivity index (χ0) is 8.10. The van der Waals surface area contributed by atoms with Crippen LogP contribution in [0.25, 0.3) is 0 Å². The molecule has 4 heteroatoms. The SMILES string of the molecule is O/N=C1\CCCCC1CNO. The number of oxime groups is 1. The Morgan fingerprint density at radius 2 is 2.36 bits per heavy atom. The van der Waals surface area contributed by atoms with Crippen molar-refractivity contribution in [2.24, 2.45) is 11.1 Å². The lowest BCUT2D eigenvalue weighted by atomic mass is 9.87. The summed E-state index contributed by atoms with van der Waals surface area (Å²) in [6.07, 6.45) is 4.13. The summed E-state index contributed by atoms with van der Waals surface area (Å²) in [4.78, 5) is 0. The van der Waals surface area contributed by atoms with Crippen LogP contribution in [0.2, 0.25) is 0 Å². The Bertz CT molecular complexity index is 145. The van der Waals surface area contributed by atoms with Crippen molar-refractivity contribution < 1.29 is 10.4 Å². The maximum Gasteiger partial charge on any atom is 0.0615 e. The molecule has 0 aromatic carbocycles. The molecule has 3 N–H and O–H groups in total.